The number of hydrogen-bond acceptors (Lipinski definition) is 4. The topological polar surface area (TPSA) is 90.3 Å². The largest absolute Gasteiger partial charge is 0.344 e. The number of hydrogen-bond donors (Lipinski definition) is 1. The van der Waals surface area contributed by atoms with E-state index in [0.717, 1.165) is 0 Å². The summed E-state index contributed by atoms with van der Waals surface area (Å²) in [5.74, 6) is -0.0927. The van der Waals surface area contributed by atoms with E-state index in [1.807, 2.05) is 6.07 Å². The van der Waals surface area contributed by atoms with Gasteiger partial charge in [0.2, 0.25) is 15.9 Å². The van der Waals surface area contributed by atoms with Crippen molar-refractivity contribution in [2.75, 3.05) is 13.6 Å². The Hall–Kier alpha value is -1.91. The maximum atomic E-state index is 12.1. The number of piperidine rings is 1. The van der Waals surface area contributed by atoms with Gasteiger partial charge in [0.15, 0.2) is 0 Å². The Morgan fingerprint density at radius 3 is 2.62 bits per heavy atom. The molecule has 0 aliphatic carbocycles. The number of benzene rings is 1. The van der Waals surface area contributed by atoms with Crippen LogP contribution >= 0.6 is 0 Å². The monoisotopic (exact) mass is 307 g/mol. The number of amides is 1. The van der Waals surface area contributed by atoms with Gasteiger partial charge in [-0.05, 0) is 24.1 Å². The molecule has 0 spiro atoms. The normalized spacial score (nSPS) is 19.3. The molecular formula is C14H17N3O3S. The lowest BCUT2D eigenvalue weighted by Crippen LogP contribution is -2.48. The molecule has 1 heterocycles. The average Bonchev–Trinajstić information content (AvgIpc) is 2.43. The molecule has 0 radical (unpaired) electrons. The molecule has 2 rings (SSSR count). The van der Waals surface area contributed by atoms with Crippen LogP contribution in [-0.2, 0) is 20.6 Å². The number of nitrogens with zero attached hydrogens (tertiary/aromatic N) is 2. The van der Waals surface area contributed by atoms with Crippen LogP contribution in [0.2, 0.25) is 0 Å². The Labute approximate surface area is 124 Å². The van der Waals surface area contributed by atoms with E-state index in [2.05, 4.69) is 4.72 Å². The molecule has 112 valence electrons. The second-order valence-electron chi connectivity index (χ2n) is 5.20. The van der Waals surface area contributed by atoms with E-state index in [9.17, 15) is 13.2 Å². The van der Waals surface area contributed by atoms with Crippen molar-refractivity contribution in [3.05, 3.63) is 35.4 Å². The summed E-state index contributed by atoms with van der Waals surface area (Å²) >= 11 is 0. The molecule has 1 aromatic rings. The first-order chi connectivity index (χ1) is 9.89. The predicted octanol–water partition coefficient (Wildman–Crippen LogP) is 0.598. The SMILES string of the molecule is CN1CC(NS(=O)(=O)Cc2ccc(C#N)cc2)CCC1=O. The highest BCUT2D eigenvalue weighted by atomic mass is 32.2. The van der Waals surface area contributed by atoms with Crippen LogP contribution in [0.1, 0.15) is 24.0 Å². The van der Waals surface area contributed by atoms with E-state index in [4.69, 9.17) is 5.26 Å². The van der Waals surface area contributed by atoms with Crippen LogP contribution in [0, 0.1) is 11.3 Å². The third-order valence-electron chi connectivity index (χ3n) is 3.41. The minimum atomic E-state index is -3.47. The number of nitriles is 1. The van der Waals surface area contributed by atoms with Crippen LogP contribution < -0.4 is 4.72 Å². The maximum Gasteiger partial charge on any atom is 0.222 e. The van der Waals surface area contributed by atoms with Crippen LogP contribution in [0.5, 0.6) is 0 Å². The fourth-order valence-corrected chi connectivity index (χ4v) is 3.71. The number of nitrogens with one attached hydrogen (secondary N) is 1. The van der Waals surface area contributed by atoms with Gasteiger partial charge in [-0.1, -0.05) is 12.1 Å². The molecule has 1 N–H and O–H groups in total. The summed E-state index contributed by atoms with van der Waals surface area (Å²) < 4.78 is 26.9. The van der Waals surface area contributed by atoms with Gasteiger partial charge >= 0.3 is 0 Å². The smallest absolute Gasteiger partial charge is 0.222 e. The molecule has 7 heteroatoms. The van der Waals surface area contributed by atoms with Gasteiger partial charge in [0.1, 0.15) is 0 Å². The van der Waals surface area contributed by atoms with Gasteiger partial charge in [0.05, 0.1) is 17.4 Å². The minimum Gasteiger partial charge on any atom is -0.344 e. The highest BCUT2D eigenvalue weighted by Crippen LogP contribution is 2.13. The Kier molecular flexibility index (Phi) is 4.60. The van der Waals surface area contributed by atoms with Gasteiger partial charge in [0, 0.05) is 26.1 Å². The van der Waals surface area contributed by atoms with E-state index in [1.54, 1.807) is 36.2 Å². The van der Waals surface area contributed by atoms with Crippen molar-refractivity contribution < 1.29 is 13.2 Å². The third-order valence-corrected chi connectivity index (χ3v) is 4.82. The summed E-state index contributed by atoms with van der Waals surface area (Å²) in [6.07, 6.45) is 0.885. The van der Waals surface area contributed by atoms with Gasteiger partial charge in [-0.25, -0.2) is 13.1 Å². The second-order valence-corrected chi connectivity index (χ2v) is 6.95. The summed E-state index contributed by atoms with van der Waals surface area (Å²) in [5.41, 5.74) is 1.12. The molecule has 0 bridgehead atoms. The van der Waals surface area contributed by atoms with Crippen molar-refractivity contribution in [2.45, 2.75) is 24.6 Å². The number of carbonyl (C=O) groups excluding carboxylic acids is 1. The van der Waals surface area contributed by atoms with Gasteiger partial charge in [-0.3, -0.25) is 4.79 Å². The van der Waals surface area contributed by atoms with Gasteiger partial charge in [0.25, 0.3) is 0 Å². The van der Waals surface area contributed by atoms with Crippen molar-refractivity contribution in [1.29, 1.82) is 5.26 Å². The van der Waals surface area contributed by atoms with Crippen molar-refractivity contribution in [1.82, 2.24) is 9.62 Å². The molecular weight excluding hydrogens is 290 g/mol. The molecule has 0 saturated carbocycles. The average molecular weight is 307 g/mol. The maximum absolute atomic E-state index is 12.1. The fraction of sp³-hybridized carbons (Fsp3) is 0.429. The summed E-state index contributed by atoms with van der Waals surface area (Å²) in [5, 5.41) is 8.71. The summed E-state index contributed by atoms with van der Waals surface area (Å²) in [6.45, 7) is 0.394. The van der Waals surface area contributed by atoms with Crippen molar-refractivity contribution in [3.63, 3.8) is 0 Å². The zero-order valence-corrected chi connectivity index (χ0v) is 12.6. The standard InChI is InChI=1S/C14H17N3O3S/c1-17-9-13(6-7-14(17)18)16-21(19,20)10-12-4-2-11(8-15)3-5-12/h2-5,13,16H,6-7,9-10H2,1H3. The van der Waals surface area contributed by atoms with E-state index in [-0.39, 0.29) is 17.7 Å². The zero-order valence-electron chi connectivity index (χ0n) is 11.7. The fourth-order valence-electron chi connectivity index (χ4n) is 2.30. The second kappa shape index (κ2) is 6.24. The molecule has 0 aromatic heterocycles. The number of rotatable bonds is 4. The first-order valence-corrected chi connectivity index (χ1v) is 8.28. The lowest BCUT2D eigenvalue weighted by molar-refractivity contribution is -0.132. The van der Waals surface area contributed by atoms with Crippen LogP contribution in [0.4, 0.5) is 0 Å². The number of carbonyl (C=O) groups is 1. The first kappa shape index (κ1) is 15.5. The molecule has 1 saturated heterocycles. The van der Waals surface area contributed by atoms with Gasteiger partial charge < -0.3 is 4.90 Å². The van der Waals surface area contributed by atoms with Crippen LogP contribution in [-0.4, -0.2) is 38.9 Å². The third kappa shape index (κ3) is 4.28. The Balaban J connectivity index is 1.98. The highest BCUT2D eigenvalue weighted by Gasteiger charge is 2.26. The Morgan fingerprint density at radius 2 is 2.05 bits per heavy atom. The van der Waals surface area contributed by atoms with Crippen molar-refractivity contribution >= 4 is 15.9 Å². The molecule has 1 amide bonds. The molecule has 1 aliphatic heterocycles. The Bertz CT molecular complexity index is 662. The van der Waals surface area contributed by atoms with Crippen molar-refractivity contribution in [2.24, 2.45) is 0 Å². The molecule has 1 atom stereocenters. The van der Waals surface area contributed by atoms with E-state index >= 15 is 0 Å². The van der Waals surface area contributed by atoms with Gasteiger partial charge in [-0.15, -0.1) is 0 Å². The molecule has 6 nitrogen and oxygen atoms in total. The number of sulfonamides is 1. The van der Waals surface area contributed by atoms with Crippen molar-refractivity contribution in [3.8, 4) is 6.07 Å². The minimum absolute atomic E-state index is 0.0394. The quantitative estimate of drug-likeness (QED) is 0.882. The summed E-state index contributed by atoms with van der Waals surface area (Å²) in [7, 11) is -1.80. The number of likely N-dealkylation sites (tertiary alicyclic amines) is 1. The van der Waals surface area contributed by atoms with Crippen LogP contribution in [0.25, 0.3) is 0 Å². The van der Waals surface area contributed by atoms with E-state index in [0.29, 0.717) is 30.5 Å². The Morgan fingerprint density at radius 1 is 1.38 bits per heavy atom. The summed E-state index contributed by atoms with van der Waals surface area (Å²) in [4.78, 5) is 12.9. The van der Waals surface area contributed by atoms with E-state index < -0.39 is 10.0 Å². The highest BCUT2D eigenvalue weighted by molar-refractivity contribution is 7.88. The molecule has 1 unspecified atom stereocenters. The zero-order chi connectivity index (χ0) is 15.5. The van der Waals surface area contributed by atoms with Crippen LogP contribution in [0.15, 0.2) is 24.3 Å². The summed E-state index contributed by atoms with van der Waals surface area (Å²) in [6, 6.07) is 8.21. The molecule has 1 aliphatic rings. The first-order valence-electron chi connectivity index (χ1n) is 6.62. The molecule has 21 heavy (non-hydrogen) atoms. The molecule has 1 aromatic carbocycles. The van der Waals surface area contributed by atoms with E-state index in [1.165, 1.54) is 0 Å². The number of likely N-dealkylation sites (N-methyl/N-ethyl adjacent to an activating group) is 1. The van der Waals surface area contributed by atoms with Crippen LogP contribution in [0.3, 0.4) is 0 Å². The lowest BCUT2D eigenvalue weighted by atomic mass is 10.1. The predicted molar refractivity (Wildman–Crippen MR) is 77.6 cm³/mol. The lowest BCUT2D eigenvalue weighted by Gasteiger charge is -2.29. The molecule has 1 fully saturated rings. The van der Waals surface area contributed by atoms with Gasteiger partial charge in [-0.2, -0.15) is 5.26 Å².